The first kappa shape index (κ1) is 11.6. The number of benzene rings is 1. The zero-order valence-corrected chi connectivity index (χ0v) is 10.1. The van der Waals surface area contributed by atoms with Gasteiger partial charge in [-0.1, -0.05) is 11.6 Å². The van der Waals surface area contributed by atoms with Crippen molar-refractivity contribution < 1.29 is 9.90 Å². The standard InChI is InChI=1S/C12H12N2O2S/c1-8-2-3-11(15)10(4-8)12(16)13-5-9-6-17-7-14-9/h2-4,6-7,15H,5H2,1H3,(H,13,16). The number of carbonyl (C=O) groups excluding carboxylic acids is 1. The molecule has 0 spiro atoms. The van der Waals surface area contributed by atoms with Gasteiger partial charge in [0.1, 0.15) is 5.75 Å². The molecule has 0 saturated carbocycles. The van der Waals surface area contributed by atoms with E-state index in [0.717, 1.165) is 11.3 Å². The molecule has 0 unspecified atom stereocenters. The number of carbonyl (C=O) groups is 1. The van der Waals surface area contributed by atoms with Crippen molar-refractivity contribution in [3.63, 3.8) is 0 Å². The van der Waals surface area contributed by atoms with Crippen LogP contribution in [-0.4, -0.2) is 16.0 Å². The second-order valence-electron chi connectivity index (χ2n) is 3.68. The van der Waals surface area contributed by atoms with Gasteiger partial charge in [0.25, 0.3) is 5.91 Å². The van der Waals surface area contributed by atoms with E-state index in [0.29, 0.717) is 12.1 Å². The number of rotatable bonds is 3. The first-order valence-electron chi connectivity index (χ1n) is 5.11. The summed E-state index contributed by atoms with van der Waals surface area (Å²) < 4.78 is 0. The van der Waals surface area contributed by atoms with Gasteiger partial charge in [0.15, 0.2) is 0 Å². The highest BCUT2D eigenvalue weighted by atomic mass is 32.1. The predicted octanol–water partition coefficient (Wildman–Crippen LogP) is 2.09. The quantitative estimate of drug-likeness (QED) is 0.874. The third-order valence-electron chi connectivity index (χ3n) is 2.31. The maximum absolute atomic E-state index is 11.8. The molecular weight excluding hydrogens is 236 g/mol. The molecule has 2 aromatic rings. The number of aromatic nitrogens is 1. The highest BCUT2D eigenvalue weighted by Gasteiger charge is 2.10. The highest BCUT2D eigenvalue weighted by Crippen LogP contribution is 2.17. The molecule has 2 rings (SSSR count). The van der Waals surface area contributed by atoms with Crippen LogP contribution in [0.3, 0.4) is 0 Å². The van der Waals surface area contributed by atoms with Crippen LogP contribution in [0.15, 0.2) is 29.1 Å². The summed E-state index contributed by atoms with van der Waals surface area (Å²) >= 11 is 1.48. The minimum atomic E-state index is -0.292. The number of nitrogens with one attached hydrogen (secondary N) is 1. The van der Waals surface area contributed by atoms with E-state index in [9.17, 15) is 9.90 Å². The van der Waals surface area contributed by atoms with Gasteiger partial charge in [-0.25, -0.2) is 4.98 Å². The number of hydrogen-bond acceptors (Lipinski definition) is 4. The Bertz CT molecular complexity index is 523. The Morgan fingerprint density at radius 1 is 1.53 bits per heavy atom. The van der Waals surface area contributed by atoms with E-state index < -0.39 is 0 Å². The third kappa shape index (κ3) is 2.82. The van der Waals surface area contributed by atoms with Crippen molar-refractivity contribution in [1.82, 2.24) is 10.3 Å². The maximum atomic E-state index is 11.8. The topological polar surface area (TPSA) is 62.2 Å². The molecule has 1 aromatic carbocycles. The molecule has 1 aromatic heterocycles. The molecule has 1 heterocycles. The summed E-state index contributed by atoms with van der Waals surface area (Å²) in [5.74, 6) is -0.300. The second kappa shape index (κ2) is 4.97. The van der Waals surface area contributed by atoms with Crippen LogP contribution in [0.5, 0.6) is 5.75 Å². The number of thiazole rings is 1. The monoisotopic (exact) mass is 248 g/mol. The molecule has 0 radical (unpaired) electrons. The van der Waals surface area contributed by atoms with E-state index in [4.69, 9.17) is 0 Å². The Morgan fingerprint density at radius 3 is 3.06 bits per heavy atom. The van der Waals surface area contributed by atoms with Crippen molar-refractivity contribution in [3.05, 3.63) is 45.9 Å². The lowest BCUT2D eigenvalue weighted by atomic mass is 10.1. The van der Waals surface area contributed by atoms with Crippen LogP contribution in [0.25, 0.3) is 0 Å². The number of aromatic hydroxyl groups is 1. The fraction of sp³-hybridized carbons (Fsp3) is 0.167. The van der Waals surface area contributed by atoms with Gasteiger partial charge in [0.05, 0.1) is 23.3 Å². The highest BCUT2D eigenvalue weighted by molar-refractivity contribution is 7.07. The first-order chi connectivity index (χ1) is 8.16. The summed E-state index contributed by atoms with van der Waals surface area (Å²) in [5, 5.41) is 14.2. The van der Waals surface area contributed by atoms with Gasteiger partial charge in [0.2, 0.25) is 0 Å². The van der Waals surface area contributed by atoms with Crippen LogP contribution >= 0.6 is 11.3 Å². The van der Waals surface area contributed by atoms with Crippen molar-refractivity contribution in [2.24, 2.45) is 0 Å². The van der Waals surface area contributed by atoms with Crippen molar-refractivity contribution in [1.29, 1.82) is 0 Å². The molecular formula is C12H12N2O2S. The van der Waals surface area contributed by atoms with Gasteiger partial charge in [-0.05, 0) is 19.1 Å². The first-order valence-corrected chi connectivity index (χ1v) is 6.06. The Balaban J connectivity index is 2.07. The second-order valence-corrected chi connectivity index (χ2v) is 4.40. The van der Waals surface area contributed by atoms with E-state index in [1.165, 1.54) is 17.4 Å². The fourth-order valence-corrected chi connectivity index (χ4v) is 1.98. The van der Waals surface area contributed by atoms with Gasteiger partial charge in [-0.2, -0.15) is 0 Å². The minimum absolute atomic E-state index is 0.00798. The molecule has 2 N–H and O–H groups in total. The average molecular weight is 248 g/mol. The summed E-state index contributed by atoms with van der Waals surface area (Å²) in [6.07, 6.45) is 0. The molecule has 0 atom stereocenters. The molecule has 0 aliphatic carbocycles. The van der Waals surface area contributed by atoms with Crippen LogP contribution in [0.1, 0.15) is 21.6 Å². The Morgan fingerprint density at radius 2 is 2.35 bits per heavy atom. The Kier molecular flexibility index (Phi) is 3.39. The molecule has 1 amide bonds. The lowest BCUT2D eigenvalue weighted by molar-refractivity contribution is 0.0947. The molecule has 0 bridgehead atoms. The Hall–Kier alpha value is -1.88. The summed E-state index contributed by atoms with van der Waals surface area (Å²) in [4.78, 5) is 15.9. The van der Waals surface area contributed by atoms with Crippen LogP contribution in [0.2, 0.25) is 0 Å². The van der Waals surface area contributed by atoms with E-state index in [1.54, 1.807) is 17.6 Å². The van der Waals surface area contributed by atoms with Crippen LogP contribution in [-0.2, 0) is 6.54 Å². The van der Waals surface area contributed by atoms with E-state index in [-0.39, 0.29) is 11.7 Å². The average Bonchev–Trinajstić information content (AvgIpc) is 2.82. The molecule has 0 fully saturated rings. The van der Waals surface area contributed by atoms with Gasteiger partial charge >= 0.3 is 0 Å². The van der Waals surface area contributed by atoms with Gasteiger partial charge in [0, 0.05) is 5.38 Å². The van der Waals surface area contributed by atoms with Crippen molar-refractivity contribution >= 4 is 17.2 Å². The van der Waals surface area contributed by atoms with Crippen LogP contribution < -0.4 is 5.32 Å². The number of phenols is 1. The van der Waals surface area contributed by atoms with Crippen LogP contribution in [0, 0.1) is 6.92 Å². The molecule has 5 heteroatoms. The molecule has 88 valence electrons. The largest absolute Gasteiger partial charge is 0.507 e. The van der Waals surface area contributed by atoms with Crippen molar-refractivity contribution in [2.75, 3.05) is 0 Å². The van der Waals surface area contributed by atoms with Crippen molar-refractivity contribution in [2.45, 2.75) is 13.5 Å². The Labute approximate surface area is 103 Å². The SMILES string of the molecule is Cc1ccc(O)c(C(=O)NCc2cscn2)c1. The number of hydrogen-bond donors (Lipinski definition) is 2. The van der Waals surface area contributed by atoms with Gasteiger partial charge in [-0.3, -0.25) is 4.79 Å². The molecule has 4 nitrogen and oxygen atoms in total. The molecule has 0 aliphatic heterocycles. The maximum Gasteiger partial charge on any atom is 0.255 e. The summed E-state index contributed by atoms with van der Waals surface area (Å²) in [6, 6.07) is 4.94. The fourth-order valence-electron chi connectivity index (χ4n) is 1.42. The number of aryl methyl sites for hydroxylation is 1. The normalized spacial score (nSPS) is 10.2. The van der Waals surface area contributed by atoms with Gasteiger partial charge < -0.3 is 10.4 Å². The zero-order valence-electron chi connectivity index (χ0n) is 9.30. The summed E-state index contributed by atoms with van der Waals surface area (Å²) in [6.45, 7) is 2.24. The third-order valence-corrected chi connectivity index (χ3v) is 2.95. The van der Waals surface area contributed by atoms with E-state index >= 15 is 0 Å². The zero-order chi connectivity index (χ0) is 12.3. The lowest BCUT2D eigenvalue weighted by Gasteiger charge is -2.06. The van der Waals surface area contributed by atoms with Gasteiger partial charge in [-0.15, -0.1) is 11.3 Å². The number of nitrogens with zero attached hydrogens (tertiary/aromatic N) is 1. The molecule has 0 saturated heterocycles. The minimum Gasteiger partial charge on any atom is -0.507 e. The van der Waals surface area contributed by atoms with E-state index in [2.05, 4.69) is 10.3 Å². The van der Waals surface area contributed by atoms with Crippen LogP contribution in [0.4, 0.5) is 0 Å². The summed E-state index contributed by atoms with van der Waals surface area (Å²) in [7, 11) is 0. The smallest absolute Gasteiger partial charge is 0.255 e. The van der Waals surface area contributed by atoms with E-state index in [1.807, 2.05) is 12.3 Å². The molecule has 0 aliphatic rings. The lowest BCUT2D eigenvalue weighted by Crippen LogP contribution is -2.23. The number of amides is 1. The molecule has 17 heavy (non-hydrogen) atoms. The number of phenolic OH excluding ortho intramolecular Hbond substituents is 1. The predicted molar refractivity (Wildman–Crippen MR) is 66.1 cm³/mol. The summed E-state index contributed by atoms with van der Waals surface area (Å²) in [5.41, 5.74) is 3.75. The van der Waals surface area contributed by atoms with Crippen molar-refractivity contribution in [3.8, 4) is 5.75 Å².